The van der Waals surface area contributed by atoms with Gasteiger partial charge in [-0.1, -0.05) is 6.07 Å². The fourth-order valence-corrected chi connectivity index (χ4v) is 3.06. The Morgan fingerprint density at radius 1 is 1.19 bits per heavy atom. The number of benzene rings is 1. The van der Waals surface area contributed by atoms with E-state index in [2.05, 4.69) is 10.2 Å². The number of aliphatic imine (C=N–C) groups is 1. The van der Waals surface area contributed by atoms with Crippen LogP contribution in [0.15, 0.2) is 23.2 Å². The maximum absolute atomic E-state index is 11.7. The van der Waals surface area contributed by atoms with Crippen LogP contribution >= 0.6 is 0 Å². The van der Waals surface area contributed by atoms with Crippen molar-refractivity contribution in [2.45, 2.75) is 26.3 Å². The average molecular weight is 363 g/mol. The van der Waals surface area contributed by atoms with Crippen molar-refractivity contribution >= 4 is 11.9 Å². The van der Waals surface area contributed by atoms with Gasteiger partial charge in [-0.15, -0.1) is 0 Å². The molecule has 7 nitrogen and oxygen atoms in total. The average Bonchev–Trinajstić information content (AvgIpc) is 2.70. The number of piperidine rings is 1. The van der Waals surface area contributed by atoms with Gasteiger partial charge in [-0.25, -0.2) is 4.99 Å². The number of esters is 1. The summed E-state index contributed by atoms with van der Waals surface area (Å²) in [7, 11) is 4.70. The Labute approximate surface area is 155 Å². The molecule has 0 radical (unpaired) electrons. The molecule has 1 aliphatic heterocycles. The molecule has 0 atom stereocenters. The van der Waals surface area contributed by atoms with Gasteiger partial charge in [0.2, 0.25) is 0 Å². The van der Waals surface area contributed by atoms with Crippen molar-refractivity contribution in [1.29, 1.82) is 0 Å². The Hall–Kier alpha value is -2.44. The number of nitrogens with one attached hydrogen (secondary N) is 1. The highest BCUT2D eigenvalue weighted by molar-refractivity contribution is 5.80. The minimum atomic E-state index is -0.114. The Morgan fingerprint density at radius 3 is 2.46 bits per heavy atom. The molecule has 1 N–H and O–H groups in total. The molecule has 0 unspecified atom stereocenters. The maximum atomic E-state index is 11.7. The Kier molecular flexibility index (Phi) is 7.56. The van der Waals surface area contributed by atoms with Crippen LogP contribution in [-0.4, -0.2) is 57.8 Å². The first-order valence-corrected chi connectivity index (χ1v) is 8.94. The first-order chi connectivity index (χ1) is 12.6. The zero-order valence-electron chi connectivity index (χ0n) is 16.1. The molecule has 1 saturated heterocycles. The fraction of sp³-hybridized carbons (Fsp3) is 0.579. The lowest BCUT2D eigenvalue weighted by molar-refractivity contribution is -0.146. The van der Waals surface area contributed by atoms with E-state index >= 15 is 0 Å². The van der Waals surface area contributed by atoms with Gasteiger partial charge in [0.25, 0.3) is 0 Å². The summed E-state index contributed by atoms with van der Waals surface area (Å²) in [4.78, 5) is 18.6. The van der Waals surface area contributed by atoms with Crippen LogP contribution in [0.1, 0.15) is 25.3 Å². The first kappa shape index (κ1) is 19.9. The van der Waals surface area contributed by atoms with Gasteiger partial charge >= 0.3 is 5.97 Å². The molecule has 26 heavy (non-hydrogen) atoms. The lowest BCUT2D eigenvalue weighted by atomic mass is 9.97. The maximum Gasteiger partial charge on any atom is 0.308 e. The van der Waals surface area contributed by atoms with Crippen molar-refractivity contribution in [3.05, 3.63) is 23.8 Å². The summed E-state index contributed by atoms with van der Waals surface area (Å²) in [5, 5.41) is 3.34. The van der Waals surface area contributed by atoms with Crippen LogP contribution in [0.25, 0.3) is 0 Å². The van der Waals surface area contributed by atoms with E-state index in [1.165, 1.54) is 7.11 Å². The van der Waals surface area contributed by atoms with E-state index in [4.69, 9.17) is 19.2 Å². The number of rotatable bonds is 6. The van der Waals surface area contributed by atoms with Crippen molar-refractivity contribution in [1.82, 2.24) is 10.2 Å². The lowest BCUT2D eigenvalue weighted by Crippen LogP contribution is -2.46. The zero-order chi connectivity index (χ0) is 18.9. The summed E-state index contributed by atoms with van der Waals surface area (Å²) >= 11 is 0. The number of hydrogen-bond acceptors (Lipinski definition) is 5. The van der Waals surface area contributed by atoms with Crippen LogP contribution in [0.3, 0.4) is 0 Å². The topological polar surface area (TPSA) is 72.4 Å². The second kappa shape index (κ2) is 9.89. The third-order valence-corrected chi connectivity index (χ3v) is 4.52. The molecule has 0 aromatic heterocycles. The van der Waals surface area contributed by atoms with Crippen molar-refractivity contribution in [3.63, 3.8) is 0 Å². The highest BCUT2D eigenvalue weighted by atomic mass is 16.5. The van der Waals surface area contributed by atoms with Gasteiger partial charge in [0.05, 0.1) is 33.8 Å². The van der Waals surface area contributed by atoms with E-state index in [1.54, 1.807) is 14.2 Å². The number of nitrogens with zero attached hydrogens (tertiary/aromatic N) is 2. The minimum absolute atomic E-state index is 0.00928. The van der Waals surface area contributed by atoms with Crippen LogP contribution in [0.2, 0.25) is 0 Å². The van der Waals surface area contributed by atoms with Gasteiger partial charge in [-0.3, -0.25) is 4.79 Å². The summed E-state index contributed by atoms with van der Waals surface area (Å²) in [6.07, 6.45) is 1.57. The highest BCUT2D eigenvalue weighted by Crippen LogP contribution is 2.27. The molecule has 144 valence electrons. The molecule has 7 heteroatoms. The van der Waals surface area contributed by atoms with Gasteiger partial charge in [-0.05, 0) is 37.5 Å². The minimum Gasteiger partial charge on any atom is -0.493 e. The van der Waals surface area contributed by atoms with E-state index in [0.29, 0.717) is 18.0 Å². The molecule has 0 saturated carbocycles. The summed E-state index contributed by atoms with van der Waals surface area (Å²) in [5.41, 5.74) is 1.04. The Balaban J connectivity index is 2.04. The molecule has 1 fully saturated rings. The number of guanidine groups is 1. The largest absolute Gasteiger partial charge is 0.493 e. The third kappa shape index (κ3) is 5.03. The number of carbonyl (C=O) groups is 1. The molecule has 1 heterocycles. The second-order valence-corrected chi connectivity index (χ2v) is 6.14. The van der Waals surface area contributed by atoms with E-state index in [9.17, 15) is 4.79 Å². The van der Waals surface area contributed by atoms with Crippen molar-refractivity contribution in [3.8, 4) is 11.5 Å². The standard InChI is InChI=1S/C19H29N3O4/c1-5-20-19(22-10-8-15(9-11-22)18(23)26-4)21-13-14-6-7-16(24-2)17(12-14)25-3/h6-7,12,15H,5,8-11,13H2,1-4H3,(H,20,21). The number of hydrogen-bond donors (Lipinski definition) is 1. The highest BCUT2D eigenvalue weighted by Gasteiger charge is 2.26. The summed E-state index contributed by atoms with van der Waals surface area (Å²) in [6.45, 7) is 4.96. The van der Waals surface area contributed by atoms with Gasteiger partial charge < -0.3 is 24.4 Å². The normalized spacial score (nSPS) is 15.5. The molecule has 0 aliphatic carbocycles. The third-order valence-electron chi connectivity index (χ3n) is 4.52. The van der Waals surface area contributed by atoms with Gasteiger partial charge in [-0.2, -0.15) is 0 Å². The van der Waals surface area contributed by atoms with Gasteiger partial charge in [0.1, 0.15) is 0 Å². The van der Waals surface area contributed by atoms with Gasteiger partial charge in [0, 0.05) is 19.6 Å². The number of likely N-dealkylation sites (tertiary alicyclic amines) is 1. The van der Waals surface area contributed by atoms with E-state index < -0.39 is 0 Å². The molecular weight excluding hydrogens is 334 g/mol. The molecule has 1 aromatic rings. The van der Waals surface area contributed by atoms with Crippen molar-refractivity contribution in [2.24, 2.45) is 10.9 Å². The predicted molar refractivity (Wildman–Crippen MR) is 101 cm³/mol. The fourth-order valence-electron chi connectivity index (χ4n) is 3.06. The van der Waals surface area contributed by atoms with Crippen LogP contribution in [0, 0.1) is 5.92 Å². The predicted octanol–water partition coefficient (Wildman–Crippen LogP) is 2.05. The second-order valence-electron chi connectivity index (χ2n) is 6.14. The van der Waals surface area contributed by atoms with Crippen LogP contribution in [0.4, 0.5) is 0 Å². The molecule has 0 amide bonds. The lowest BCUT2D eigenvalue weighted by Gasteiger charge is -2.33. The molecule has 0 spiro atoms. The quantitative estimate of drug-likeness (QED) is 0.474. The summed E-state index contributed by atoms with van der Waals surface area (Å²) in [5.74, 6) is 2.15. The van der Waals surface area contributed by atoms with E-state index in [1.807, 2.05) is 25.1 Å². The van der Waals surface area contributed by atoms with Gasteiger partial charge in [0.15, 0.2) is 17.5 Å². The first-order valence-electron chi connectivity index (χ1n) is 8.94. The summed E-state index contributed by atoms with van der Waals surface area (Å²) < 4.78 is 15.5. The van der Waals surface area contributed by atoms with Crippen molar-refractivity contribution < 1.29 is 19.0 Å². The Morgan fingerprint density at radius 2 is 1.88 bits per heavy atom. The Bertz CT molecular complexity index is 625. The van der Waals surface area contributed by atoms with Crippen LogP contribution in [0.5, 0.6) is 11.5 Å². The number of ether oxygens (including phenoxy) is 3. The molecule has 1 aromatic carbocycles. The zero-order valence-corrected chi connectivity index (χ0v) is 16.1. The van der Waals surface area contributed by atoms with Crippen molar-refractivity contribution in [2.75, 3.05) is 41.0 Å². The molecule has 2 rings (SSSR count). The SMILES string of the molecule is CCNC(=NCc1ccc(OC)c(OC)c1)N1CCC(C(=O)OC)CC1. The molecule has 1 aliphatic rings. The monoisotopic (exact) mass is 363 g/mol. The smallest absolute Gasteiger partial charge is 0.308 e. The van der Waals surface area contributed by atoms with Crippen LogP contribution < -0.4 is 14.8 Å². The number of methoxy groups -OCH3 is 3. The van der Waals surface area contributed by atoms with E-state index in [0.717, 1.165) is 44.0 Å². The number of carbonyl (C=O) groups excluding carboxylic acids is 1. The van der Waals surface area contributed by atoms with E-state index in [-0.39, 0.29) is 11.9 Å². The summed E-state index contributed by atoms with van der Waals surface area (Å²) in [6, 6.07) is 5.81. The molecule has 0 bridgehead atoms. The molecular formula is C19H29N3O4. The van der Waals surface area contributed by atoms with Crippen LogP contribution in [-0.2, 0) is 16.1 Å².